The van der Waals surface area contributed by atoms with Gasteiger partial charge in [-0.25, -0.2) is 9.97 Å². The van der Waals surface area contributed by atoms with Crippen LogP contribution in [-0.2, 0) is 23.7 Å². The molecular weight excluding hydrogens is 486 g/mol. The number of alkyl halides is 6. The van der Waals surface area contributed by atoms with Gasteiger partial charge in [0.1, 0.15) is 0 Å². The summed E-state index contributed by atoms with van der Waals surface area (Å²) in [5.74, 6) is -0.724. The minimum Gasteiger partial charge on any atom is -0.480 e. The first-order valence-electron chi connectivity index (χ1n) is 10.0. The molecule has 0 saturated carbocycles. The van der Waals surface area contributed by atoms with Gasteiger partial charge in [-0.2, -0.15) is 31.1 Å². The molecule has 4 rings (SSSR count). The first kappa shape index (κ1) is 24.2. The Morgan fingerprint density at radius 2 is 1.43 bits per heavy atom. The summed E-state index contributed by atoms with van der Waals surface area (Å²) >= 11 is 0. The van der Waals surface area contributed by atoms with Crippen molar-refractivity contribution in [3.8, 4) is 11.4 Å². The van der Waals surface area contributed by atoms with Gasteiger partial charge in [-0.05, 0) is 23.4 Å². The third-order valence-electron chi connectivity index (χ3n) is 5.13. The van der Waals surface area contributed by atoms with E-state index < -0.39 is 36.0 Å². The number of piperazine rings is 1. The number of carboxylic acid groups (broad SMARTS) is 1. The summed E-state index contributed by atoms with van der Waals surface area (Å²) in [5, 5.41) is 20.0. The van der Waals surface area contributed by atoms with Crippen LogP contribution in [-0.4, -0.2) is 67.4 Å². The summed E-state index contributed by atoms with van der Waals surface area (Å²) in [6.45, 7) is 0.337. The van der Waals surface area contributed by atoms with Crippen molar-refractivity contribution in [1.29, 1.82) is 0 Å². The van der Waals surface area contributed by atoms with E-state index in [-0.39, 0.29) is 43.8 Å². The fourth-order valence-electron chi connectivity index (χ4n) is 3.43. The Hall–Kier alpha value is -3.98. The summed E-state index contributed by atoms with van der Waals surface area (Å²) in [7, 11) is 0. The SMILES string of the molecule is O=C(O)Cn1nnc(-c2cnc(N3CCN(c4cc(C(F)(F)F)cc(C(F)(F)F)c4)CC3)nc2)n1. The Kier molecular flexibility index (Phi) is 6.21. The number of rotatable bonds is 5. The van der Waals surface area contributed by atoms with Gasteiger partial charge in [0, 0.05) is 44.3 Å². The van der Waals surface area contributed by atoms with E-state index in [9.17, 15) is 31.1 Å². The Morgan fingerprint density at radius 3 is 1.94 bits per heavy atom. The number of anilines is 2. The smallest absolute Gasteiger partial charge is 0.416 e. The molecule has 3 aromatic rings. The average Bonchev–Trinajstić information content (AvgIpc) is 3.25. The molecule has 35 heavy (non-hydrogen) atoms. The molecule has 1 N–H and O–H groups in total. The van der Waals surface area contributed by atoms with Gasteiger partial charge in [0.2, 0.25) is 11.8 Å². The summed E-state index contributed by atoms with van der Waals surface area (Å²) < 4.78 is 78.9. The van der Waals surface area contributed by atoms with Crippen LogP contribution in [0.5, 0.6) is 0 Å². The largest absolute Gasteiger partial charge is 0.480 e. The molecule has 10 nitrogen and oxygen atoms in total. The summed E-state index contributed by atoms with van der Waals surface area (Å²) in [5.41, 5.74) is -2.51. The first-order valence-corrected chi connectivity index (χ1v) is 10.0. The van der Waals surface area contributed by atoms with Crippen LogP contribution < -0.4 is 9.80 Å². The van der Waals surface area contributed by atoms with E-state index in [1.54, 1.807) is 4.90 Å². The molecule has 0 spiro atoms. The van der Waals surface area contributed by atoms with Crippen molar-refractivity contribution in [2.75, 3.05) is 36.0 Å². The molecule has 0 bridgehead atoms. The van der Waals surface area contributed by atoms with Crippen molar-refractivity contribution < 1.29 is 36.2 Å². The Labute approximate surface area is 192 Å². The van der Waals surface area contributed by atoms with Crippen molar-refractivity contribution in [1.82, 2.24) is 30.2 Å². The lowest BCUT2D eigenvalue weighted by atomic mass is 10.1. The normalized spacial score (nSPS) is 14.9. The van der Waals surface area contributed by atoms with E-state index in [4.69, 9.17) is 5.11 Å². The third kappa shape index (κ3) is 5.58. The maximum atomic E-state index is 13.1. The van der Waals surface area contributed by atoms with Crippen molar-refractivity contribution >= 4 is 17.6 Å². The molecule has 1 aliphatic rings. The maximum Gasteiger partial charge on any atom is 0.416 e. The fourth-order valence-corrected chi connectivity index (χ4v) is 3.43. The number of benzene rings is 1. The third-order valence-corrected chi connectivity index (χ3v) is 5.13. The molecule has 3 heterocycles. The van der Waals surface area contributed by atoms with Gasteiger partial charge in [-0.3, -0.25) is 4.79 Å². The van der Waals surface area contributed by atoms with Crippen LogP contribution in [0.3, 0.4) is 0 Å². The van der Waals surface area contributed by atoms with E-state index in [1.807, 2.05) is 0 Å². The quantitative estimate of drug-likeness (QED) is 0.526. The molecule has 1 aromatic carbocycles. The Bertz CT molecular complexity index is 1170. The zero-order chi connectivity index (χ0) is 25.4. The molecule has 0 atom stereocenters. The second-order valence-corrected chi connectivity index (χ2v) is 7.55. The van der Waals surface area contributed by atoms with E-state index in [0.29, 0.717) is 23.6 Å². The van der Waals surface area contributed by atoms with Crippen LogP contribution in [0, 0.1) is 0 Å². The van der Waals surface area contributed by atoms with Crippen molar-refractivity contribution in [3.63, 3.8) is 0 Å². The predicted molar refractivity (Wildman–Crippen MR) is 107 cm³/mol. The number of carbonyl (C=O) groups is 1. The minimum absolute atomic E-state index is 0.101. The first-order chi connectivity index (χ1) is 16.4. The molecule has 1 aliphatic heterocycles. The molecule has 1 saturated heterocycles. The van der Waals surface area contributed by atoms with Crippen LogP contribution in [0.25, 0.3) is 11.4 Å². The van der Waals surface area contributed by atoms with Gasteiger partial charge in [0.25, 0.3) is 0 Å². The maximum absolute atomic E-state index is 13.1. The zero-order valence-corrected chi connectivity index (χ0v) is 17.6. The lowest BCUT2D eigenvalue weighted by Crippen LogP contribution is -2.47. The summed E-state index contributed by atoms with van der Waals surface area (Å²) in [6, 6.07) is 1.52. The van der Waals surface area contributed by atoms with Gasteiger partial charge < -0.3 is 14.9 Å². The molecule has 186 valence electrons. The van der Waals surface area contributed by atoms with Crippen LogP contribution in [0.15, 0.2) is 30.6 Å². The Balaban J connectivity index is 1.45. The van der Waals surface area contributed by atoms with Gasteiger partial charge in [-0.1, -0.05) is 0 Å². The molecular formula is C19H16F6N8O2. The second-order valence-electron chi connectivity index (χ2n) is 7.55. The highest BCUT2D eigenvalue weighted by molar-refractivity contribution is 5.66. The van der Waals surface area contributed by atoms with Crippen LogP contribution in [0.1, 0.15) is 11.1 Å². The molecule has 1 fully saturated rings. The topological polar surface area (TPSA) is 113 Å². The van der Waals surface area contributed by atoms with Gasteiger partial charge >= 0.3 is 18.3 Å². The van der Waals surface area contributed by atoms with Crippen LogP contribution in [0.2, 0.25) is 0 Å². The van der Waals surface area contributed by atoms with E-state index in [1.165, 1.54) is 17.3 Å². The Morgan fingerprint density at radius 1 is 0.886 bits per heavy atom. The van der Waals surface area contributed by atoms with E-state index >= 15 is 0 Å². The lowest BCUT2D eigenvalue weighted by Gasteiger charge is -2.36. The number of aliphatic carboxylic acids is 1. The second kappa shape index (κ2) is 8.99. The number of halogens is 6. The standard InChI is InChI=1S/C19H16F6N8O2/c20-18(21,22)12-5-13(19(23,24)25)7-14(6-12)31-1-3-32(4-2-31)17-26-8-11(9-27-17)16-28-30-33(29-16)10-15(34)35/h5-9H,1-4,10H2,(H,34,35). The molecule has 0 aliphatic carbocycles. The predicted octanol–water partition coefficient (Wildman–Crippen LogP) is 2.58. The van der Waals surface area contributed by atoms with E-state index in [2.05, 4.69) is 25.4 Å². The van der Waals surface area contributed by atoms with Crippen LogP contribution >= 0.6 is 0 Å². The number of carboxylic acids is 1. The number of nitrogens with zero attached hydrogens (tertiary/aromatic N) is 8. The minimum atomic E-state index is -4.92. The lowest BCUT2D eigenvalue weighted by molar-refractivity contribution is -0.143. The highest BCUT2D eigenvalue weighted by Crippen LogP contribution is 2.38. The van der Waals surface area contributed by atoms with Crippen molar-refractivity contribution in [2.24, 2.45) is 0 Å². The van der Waals surface area contributed by atoms with Gasteiger partial charge in [-0.15, -0.1) is 10.2 Å². The number of hydrogen-bond acceptors (Lipinski definition) is 8. The van der Waals surface area contributed by atoms with Crippen LogP contribution in [0.4, 0.5) is 38.0 Å². The fraction of sp³-hybridized carbons (Fsp3) is 0.368. The molecule has 2 aromatic heterocycles. The molecule has 0 radical (unpaired) electrons. The molecule has 0 amide bonds. The number of aromatic nitrogens is 6. The monoisotopic (exact) mass is 502 g/mol. The van der Waals surface area contributed by atoms with Gasteiger partial charge in [0.15, 0.2) is 6.54 Å². The van der Waals surface area contributed by atoms with Crippen molar-refractivity contribution in [2.45, 2.75) is 18.9 Å². The average molecular weight is 502 g/mol. The number of tetrazole rings is 1. The summed E-state index contributed by atoms with van der Waals surface area (Å²) in [6.07, 6.45) is -7.03. The van der Waals surface area contributed by atoms with Gasteiger partial charge in [0.05, 0.1) is 16.7 Å². The highest BCUT2D eigenvalue weighted by atomic mass is 19.4. The highest BCUT2D eigenvalue weighted by Gasteiger charge is 2.37. The van der Waals surface area contributed by atoms with Crippen molar-refractivity contribution in [3.05, 3.63) is 41.7 Å². The molecule has 0 unspecified atom stereocenters. The van der Waals surface area contributed by atoms with E-state index in [0.717, 1.165) is 4.80 Å². The number of hydrogen-bond donors (Lipinski definition) is 1. The zero-order valence-electron chi connectivity index (χ0n) is 17.6. The summed E-state index contributed by atoms with van der Waals surface area (Å²) in [4.78, 5) is 23.2. The molecule has 16 heteroatoms.